The minimum absolute atomic E-state index is 0.275. The number of rotatable bonds is 7. The highest BCUT2D eigenvalue weighted by atomic mass is 32.1. The van der Waals surface area contributed by atoms with Gasteiger partial charge in [-0.15, -0.1) is 11.3 Å². The van der Waals surface area contributed by atoms with Gasteiger partial charge in [0, 0.05) is 10.9 Å². The van der Waals surface area contributed by atoms with Crippen LogP contribution < -0.4 is 5.73 Å². The molecule has 0 fully saturated rings. The normalized spacial score (nSPS) is 13.0. The molecule has 1 aromatic rings. The molecule has 1 rings (SSSR count). The summed E-state index contributed by atoms with van der Waals surface area (Å²) in [6.45, 7) is 2.25. The number of hydrogen-bond donors (Lipinski definition) is 1. The van der Waals surface area contributed by atoms with E-state index in [1.54, 1.807) is 11.3 Å². The third kappa shape index (κ3) is 4.25. The van der Waals surface area contributed by atoms with Gasteiger partial charge in [-0.1, -0.05) is 45.1 Å². The molecule has 14 heavy (non-hydrogen) atoms. The number of nitrogens with two attached hydrogens (primary N) is 1. The third-order valence-electron chi connectivity index (χ3n) is 2.53. The Kier molecular flexibility index (Phi) is 5.88. The first-order chi connectivity index (χ1) is 6.84. The molecule has 0 bridgehead atoms. The maximum absolute atomic E-state index is 6.06. The quantitative estimate of drug-likeness (QED) is 0.675. The van der Waals surface area contributed by atoms with E-state index < -0.39 is 0 Å². The van der Waals surface area contributed by atoms with Crippen molar-refractivity contribution >= 4 is 11.3 Å². The van der Waals surface area contributed by atoms with E-state index in [0.29, 0.717) is 0 Å². The van der Waals surface area contributed by atoms with Crippen LogP contribution >= 0.6 is 11.3 Å². The second-order valence-corrected chi connectivity index (χ2v) is 4.80. The molecule has 1 aromatic heterocycles. The maximum Gasteiger partial charge on any atom is 0.0389 e. The van der Waals surface area contributed by atoms with E-state index in [4.69, 9.17) is 5.73 Å². The highest BCUT2D eigenvalue weighted by Crippen LogP contribution is 2.21. The minimum atomic E-state index is 0.275. The fourth-order valence-electron chi connectivity index (χ4n) is 1.61. The van der Waals surface area contributed by atoms with Crippen LogP contribution in [0.1, 0.15) is 56.4 Å². The molecule has 0 aliphatic carbocycles. The van der Waals surface area contributed by atoms with Crippen molar-refractivity contribution in [3.05, 3.63) is 22.4 Å². The van der Waals surface area contributed by atoms with Gasteiger partial charge in [0.2, 0.25) is 0 Å². The molecule has 1 heterocycles. The zero-order valence-corrected chi connectivity index (χ0v) is 9.85. The Morgan fingerprint density at radius 2 is 2.07 bits per heavy atom. The van der Waals surface area contributed by atoms with Gasteiger partial charge in [-0.05, 0) is 17.9 Å². The minimum Gasteiger partial charge on any atom is -0.323 e. The summed E-state index contributed by atoms with van der Waals surface area (Å²) in [5.41, 5.74) is 6.06. The van der Waals surface area contributed by atoms with Gasteiger partial charge in [-0.25, -0.2) is 0 Å². The lowest BCUT2D eigenvalue weighted by Crippen LogP contribution is -2.07. The van der Waals surface area contributed by atoms with Gasteiger partial charge in [-0.2, -0.15) is 0 Å². The van der Waals surface area contributed by atoms with E-state index in [9.17, 15) is 0 Å². The Balaban J connectivity index is 2.07. The Morgan fingerprint density at radius 1 is 1.29 bits per heavy atom. The summed E-state index contributed by atoms with van der Waals surface area (Å²) in [5.74, 6) is 0. The van der Waals surface area contributed by atoms with Crippen molar-refractivity contribution in [3.63, 3.8) is 0 Å². The van der Waals surface area contributed by atoms with E-state index >= 15 is 0 Å². The molecule has 0 saturated carbocycles. The van der Waals surface area contributed by atoms with Gasteiger partial charge in [0.25, 0.3) is 0 Å². The van der Waals surface area contributed by atoms with Crippen LogP contribution in [0, 0.1) is 0 Å². The molecule has 0 aromatic carbocycles. The summed E-state index contributed by atoms with van der Waals surface area (Å²) in [4.78, 5) is 1.33. The second-order valence-electron chi connectivity index (χ2n) is 3.82. The van der Waals surface area contributed by atoms with Crippen molar-refractivity contribution in [2.45, 2.75) is 51.5 Å². The zero-order chi connectivity index (χ0) is 10.2. The molecule has 1 nitrogen and oxygen atoms in total. The van der Waals surface area contributed by atoms with E-state index in [-0.39, 0.29) is 6.04 Å². The molecule has 2 heteroatoms. The van der Waals surface area contributed by atoms with Gasteiger partial charge in [-0.3, -0.25) is 0 Å². The van der Waals surface area contributed by atoms with Crippen LogP contribution in [0.4, 0.5) is 0 Å². The van der Waals surface area contributed by atoms with Crippen molar-refractivity contribution in [1.29, 1.82) is 0 Å². The van der Waals surface area contributed by atoms with Crippen LogP contribution in [-0.2, 0) is 0 Å². The number of unbranched alkanes of at least 4 members (excludes halogenated alkanes) is 4. The van der Waals surface area contributed by atoms with Crippen molar-refractivity contribution in [1.82, 2.24) is 0 Å². The molecule has 0 saturated heterocycles. The smallest absolute Gasteiger partial charge is 0.0389 e. The fourth-order valence-corrected chi connectivity index (χ4v) is 2.38. The van der Waals surface area contributed by atoms with Crippen LogP contribution in [0.3, 0.4) is 0 Å². The molecule has 1 unspecified atom stereocenters. The highest BCUT2D eigenvalue weighted by molar-refractivity contribution is 7.10. The molecule has 0 radical (unpaired) electrons. The van der Waals surface area contributed by atoms with Crippen molar-refractivity contribution < 1.29 is 0 Å². The second kappa shape index (κ2) is 7.02. The monoisotopic (exact) mass is 211 g/mol. The summed E-state index contributed by atoms with van der Waals surface area (Å²) in [6, 6.07) is 4.50. The first kappa shape index (κ1) is 11.7. The molecule has 0 amide bonds. The lowest BCUT2D eigenvalue weighted by atomic mass is 10.1. The SMILES string of the molecule is CCCCCCCC(N)c1cccs1. The van der Waals surface area contributed by atoms with Crippen LogP contribution in [-0.4, -0.2) is 0 Å². The largest absolute Gasteiger partial charge is 0.323 e. The van der Waals surface area contributed by atoms with Crippen molar-refractivity contribution in [3.8, 4) is 0 Å². The molecular weight excluding hydrogens is 190 g/mol. The number of hydrogen-bond acceptors (Lipinski definition) is 2. The molecule has 0 spiro atoms. The zero-order valence-electron chi connectivity index (χ0n) is 9.04. The lowest BCUT2D eigenvalue weighted by Gasteiger charge is -2.08. The van der Waals surface area contributed by atoms with E-state index in [1.165, 1.54) is 37.0 Å². The average Bonchev–Trinajstić information content (AvgIpc) is 2.70. The Labute approximate surface area is 91.3 Å². The summed E-state index contributed by atoms with van der Waals surface area (Å²) >= 11 is 1.77. The van der Waals surface area contributed by atoms with Crippen molar-refractivity contribution in [2.24, 2.45) is 5.73 Å². The molecule has 1 atom stereocenters. The summed E-state index contributed by atoms with van der Waals surface area (Å²) in [6.07, 6.45) is 7.81. The van der Waals surface area contributed by atoms with E-state index in [1.807, 2.05) is 0 Å². The Bertz CT molecular complexity index is 218. The van der Waals surface area contributed by atoms with Crippen molar-refractivity contribution in [2.75, 3.05) is 0 Å². The topological polar surface area (TPSA) is 26.0 Å². The molecular formula is C12H21NS. The Morgan fingerprint density at radius 3 is 2.71 bits per heavy atom. The standard InChI is InChI=1S/C12H21NS/c1-2-3-4-5-6-8-11(13)12-9-7-10-14-12/h7,9-11H,2-6,8,13H2,1H3. The summed E-state index contributed by atoms with van der Waals surface area (Å²) < 4.78 is 0. The van der Waals surface area contributed by atoms with Gasteiger partial charge in [0.15, 0.2) is 0 Å². The average molecular weight is 211 g/mol. The van der Waals surface area contributed by atoms with Gasteiger partial charge in [0.05, 0.1) is 0 Å². The molecule has 2 N–H and O–H groups in total. The maximum atomic E-state index is 6.06. The highest BCUT2D eigenvalue weighted by Gasteiger charge is 2.05. The Hall–Kier alpha value is -0.340. The molecule has 80 valence electrons. The number of thiophene rings is 1. The fraction of sp³-hybridized carbons (Fsp3) is 0.667. The van der Waals surface area contributed by atoms with Gasteiger partial charge < -0.3 is 5.73 Å². The summed E-state index contributed by atoms with van der Waals surface area (Å²) in [5, 5.41) is 2.10. The third-order valence-corrected chi connectivity index (χ3v) is 3.53. The van der Waals surface area contributed by atoms with E-state index in [2.05, 4.69) is 24.4 Å². The van der Waals surface area contributed by atoms with Gasteiger partial charge >= 0.3 is 0 Å². The lowest BCUT2D eigenvalue weighted by molar-refractivity contribution is 0.559. The van der Waals surface area contributed by atoms with Gasteiger partial charge in [0.1, 0.15) is 0 Å². The molecule has 0 aliphatic rings. The van der Waals surface area contributed by atoms with Crippen LogP contribution in [0.25, 0.3) is 0 Å². The van der Waals surface area contributed by atoms with Crippen LogP contribution in [0.5, 0.6) is 0 Å². The van der Waals surface area contributed by atoms with E-state index in [0.717, 1.165) is 6.42 Å². The molecule has 0 aliphatic heterocycles. The van der Waals surface area contributed by atoms with Crippen LogP contribution in [0.2, 0.25) is 0 Å². The van der Waals surface area contributed by atoms with Crippen LogP contribution in [0.15, 0.2) is 17.5 Å². The summed E-state index contributed by atoms with van der Waals surface area (Å²) in [7, 11) is 0. The predicted octanol–water partition coefficient (Wildman–Crippen LogP) is 4.11. The first-order valence-electron chi connectivity index (χ1n) is 5.63. The first-order valence-corrected chi connectivity index (χ1v) is 6.51. The predicted molar refractivity (Wildman–Crippen MR) is 64.6 cm³/mol.